The number of aromatic nitrogens is 4. The maximum absolute atomic E-state index is 12.7. The third-order valence-corrected chi connectivity index (χ3v) is 3.95. The van der Waals surface area contributed by atoms with E-state index >= 15 is 0 Å². The van der Waals surface area contributed by atoms with Crippen molar-refractivity contribution in [1.82, 2.24) is 19.2 Å². The van der Waals surface area contributed by atoms with Gasteiger partial charge in [-0.05, 0) is 36.8 Å². The van der Waals surface area contributed by atoms with E-state index in [-0.39, 0.29) is 5.56 Å². The molecule has 1 aromatic carbocycles. The van der Waals surface area contributed by atoms with Gasteiger partial charge in [-0.15, -0.1) is 0 Å². The Labute approximate surface area is 144 Å². The zero-order chi connectivity index (χ0) is 17.2. The van der Waals surface area contributed by atoms with E-state index in [9.17, 15) is 4.79 Å². The van der Waals surface area contributed by atoms with Gasteiger partial charge in [0.25, 0.3) is 5.56 Å². The molecule has 0 aliphatic heterocycles. The van der Waals surface area contributed by atoms with Crippen LogP contribution >= 0.6 is 0 Å². The van der Waals surface area contributed by atoms with Crippen molar-refractivity contribution in [2.75, 3.05) is 0 Å². The predicted octanol–water partition coefficient (Wildman–Crippen LogP) is 3.36. The van der Waals surface area contributed by atoms with Crippen LogP contribution < -0.4 is 5.56 Å². The Morgan fingerprint density at radius 1 is 1.04 bits per heavy atom. The van der Waals surface area contributed by atoms with Gasteiger partial charge >= 0.3 is 0 Å². The number of hydrogen-bond donors (Lipinski definition) is 0. The Bertz CT molecular complexity index is 1110. The van der Waals surface area contributed by atoms with Crippen molar-refractivity contribution < 1.29 is 0 Å². The molecule has 25 heavy (non-hydrogen) atoms. The maximum atomic E-state index is 12.7. The molecule has 0 N–H and O–H groups in total. The molecule has 0 saturated heterocycles. The van der Waals surface area contributed by atoms with Crippen LogP contribution in [-0.4, -0.2) is 19.2 Å². The van der Waals surface area contributed by atoms with E-state index in [0.717, 1.165) is 16.8 Å². The number of nitrogens with zero attached hydrogens (tertiary/aromatic N) is 4. The minimum atomic E-state index is -0.118. The lowest BCUT2D eigenvalue weighted by atomic mass is 10.2. The topological polar surface area (TPSA) is 52.2 Å². The van der Waals surface area contributed by atoms with Gasteiger partial charge in [-0.3, -0.25) is 14.5 Å². The molecule has 0 atom stereocenters. The van der Waals surface area contributed by atoms with E-state index in [1.54, 1.807) is 23.0 Å². The molecule has 0 unspecified atom stereocenters. The van der Waals surface area contributed by atoms with Crippen LogP contribution in [0.5, 0.6) is 0 Å². The smallest absolute Gasteiger partial charge is 0.267 e. The summed E-state index contributed by atoms with van der Waals surface area (Å²) >= 11 is 0. The second-order valence-electron chi connectivity index (χ2n) is 5.77. The van der Waals surface area contributed by atoms with Gasteiger partial charge in [-0.2, -0.15) is 4.52 Å². The normalized spacial score (nSPS) is 11.4. The van der Waals surface area contributed by atoms with Crippen molar-refractivity contribution in [1.29, 1.82) is 0 Å². The van der Waals surface area contributed by atoms with Crippen molar-refractivity contribution >= 4 is 17.8 Å². The lowest BCUT2D eigenvalue weighted by Crippen LogP contribution is -2.20. The first-order valence-electron chi connectivity index (χ1n) is 7.98. The first-order chi connectivity index (χ1) is 12.2. The SMILES string of the molecule is Cc1cn(-c2ccccc2)n2c(=O)cc(/C=C/c3cccnc3)nc12. The second kappa shape index (κ2) is 6.20. The zero-order valence-corrected chi connectivity index (χ0v) is 13.7. The van der Waals surface area contributed by atoms with Crippen LogP contribution in [-0.2, 0) is 0 Å². The number of benzene rings is 1. The van der Waals surface area contributed by atoms with Crippen molar-refractivity contribution in [3.8, 4) is 5.69 Å². The number of fused-ring (bicyclic) bond motifs is 1. The minimum Gasteiger partial charge on any atom is -0.267 e. The van der Waals surface area contributed by atoms with Gasteiger partial charge in [0.05, 0.1) is 11.4 Å². The predicted molar refractivity (Wildman–Crippen MR) is 98.7 cm³/mol. The van der Waals surface area contributed by atoms with Crippen LogP contribution in [0.4, 0.5) is 0 Å². The second-order valence-corrected chi connectivity index (χ2v) is 5.77. The third-order valence-electron chi connectivity index (χ3n) is 3.95. The number of hydrogen-bond acceptors (Lipinski definition) is 3. The fourth-order valence-corrected chi connectivity index (χ4v) is 2.77. The van der Waals surface area contributed by atoms with Crippen LogP contribution in [0, 0.1) is 6.92 Å². The summed E-state index contributed by atoms with van der Waals surface area (Å²) in [6.07, 6.45) is 9.14. The van der Waals surface area contributed by atoms with E-state index in [2.05, 4.69) is 9.97 Å². The first kappa shape index (κ1) is 15.1. The fraction of sp³-hybridized carbons (Fsp3) is 0.0500. The summed E-state index contributed by atoms with van der Waals surface area (Å²) in [4.78, 5) is 21.4. The molecule has 0 amide bonds. The molecular weight excluding hydrogens is 312 g/mol. The molecule has 3 heterocycles. The molecule has 4 rings (SSSR count). The quantitative estimate of drug-likeness (QED) is 0.579. The fourth-order valence-electron chi connectivity index (χ4n) is 2.77. The van der Waals surface area contributed by atoms with Crippen LogP contribution in [0.2, 0.25) is 0 Å². The van der Waals surface area contributed by atoms with Gasteiger partial charge < -0.3 is 0 Å². The Morgan fingerprint density at radius 2 is 1.88 bits per heavy atom. The minimum absolute atomic E-state index is 0.118. The molecule has 0 saturated carbocycles. The molecule has 0 aliphatic rings. The van der Waals surface area contributed by atoms with E-state index < -0.39 is 0 Å². The molecule has 0 spiro atoms. The lowest BCUT2D eigenvalue weighted by molar-refractivity contribution is 0.763. The van der Waals surface area contributed by atoms with Crippen LogP contribution in [0.1, 0.15) is 16.8 Å². The molecule has 3 aromatic heterocycles. The standard InChI is InChI=1S/C20H16N4O/c1-15-14-23(18-7-3-2-4-8-18)24-19(25)12-17(22-20(15)24)10-9-16-6-5-11-21-13-16/h2-14H,1H3/b10-9+. The van der Waals surface area contributed by atoms with Crippen LogP contribution in [0.3, 0.4) is 0 Å². The van der Waals surface area contributed by atoms with Crippen molar-refractivity contribution in [3.63, 3.8) is 0 Å². The van der Waals surface area contributed by atoms with Crippen LogP contribution in [0.15, 0.2) is 71.9 Å². The van der Waals surface area contributed by atoms with E-state index in [1.165, 1.54) is 0 Å². The average molecular weight is 328 g/mol. The van der Waals surface area contributed by atoms with E-state index in [1.807, 2.05) is 72.4 Å². The summed E-state index contributed by atoms with van der Waals surface area (Å²) in [5.41, 5.74) is 3.99. The molecule has 0 fully saturated rings. The van der Waals surface area contributed by atoms with Crippen LogP contribution in [0.25, 0.3) is 23.5 Å². The number of para-hydroxylation sites is 1. The molecule has 5 heteroatoms. The number of aryl methyl sites for hydroxylation is 1. The summed E-state index contributed by atoms with van der Waals surface area (Å²) in [6.45, 7) is 1.95. The van der Waals surface area contributed by atoms with Gasteiger partial charge in [0.2, 0.25) is 0 Å². The summed E-state index contributed by atoms with van der Waals surface area (Å²) in [7, 11) is 0. The highest BCUT2D eigenvalue weighted by Gasteiger charge is 2.10. The molecule has 0 radical (unpaired) electrons. The van der Waals surface area contributed by atoms with Gasteiger partial charge in [-0.25, -0.2) is 4.98 Å². The average Bonchev–Trinajstić information content (AvgIpc) is 2.99. The molecule has 5 nitrogen and oxygen atoms in total. The lowest BCUT2D eigenvalue weighted by Gasteiger charge is -2.06. The Balaban J connectivity index is 1.83. The van der Waals surface area contributed by atoms with Gasteiger partial charge in [0.1, 0.15) is 0 Å². The van der Waals surface area contributed by atoms with Crippen molar-refractivity contribution in [2.24, 2.45) is 0 Å². The highest BCUT2D eigenvalue weighted by Crippen LogP contribution is 2.14. The first-order valence-corrected chi connectivity index (χ1v) is 7.98. The molecular formula is C20H16N4O. The summed E-state index contributed by atoms with van der Waals surface area (Å²) in [5, 5.41) is 0. The summed E-state index contributed by atoms with van der Waals surface area (Å²) in [6, 6.07) is 15.1. The third kappa shape index (κ3) is 2.87. The Hall–Kier alpha value is -3.47. The number of rotatable bonds is 3. The summed E-state index contributed by atoms with van der Waals surface area (Å²) < 4.78 is 3.42. The highest BCUT2D eigenvalue weighted by atomic mass is 16.1. The van der Waals surface area contributed by atoms with Gasteiger partial charge in [0, 0.05) is 30.2 Å². The molecule has 4 aromatic rings. The largest absolute Gasteiger partial charge is 0.273 e. The molecule has 122 valence electrons. The Morgan fingerprint density at radius 3 is 2.64 bits per heavy atom. The van der Waals surface area contributed by atoms with Gasteiger partial charge in [-0.1, -0.05) is 30.3 Å². The monoisotopic (exact) mass is 328 g/mol. The number of pyridine rings is 1. The zero-order valence-electron chi connectivity index (χ0n) is 13.7. The van der Waals surface area contributed by atoms with E-state index in [0.29, 0.717) is 11.3 Å². The maximum Gasteiger partial charge on any atom is 0.273 e. The van der Waals surface area contributed by atoms with E-state index in [4.69, 9.17) is 0 Å². The van der Waals surface area contributed by atoms with Crippen molar-refractivity contribution in [2.45, 2.75) is 6.92 Å². The van der Waals surface area contributed by atoms with Crippen molar-refractivity contribution in [3.05, 3.63) is 94.3 Å². The highest BCUT2D eigenvalue weighted by molar-refractivity contribution is 5.68. The molecule has 0 aliphatic carbocycles. The summed E-state index contributed by atoms with van der Waals surface area (Å²) in [5.74, 6) is 0. The molecule has 0 bridgehead atoms. The van der Waals surface area contributed by atoms with Gasteiger partial charge in [0.15, 0.2) is 5.65 Å². The Kier molecular flexibility index (Phi) is 3.74.